The van der Waals surface area contributed by atoms with Gasteiger partial charge in [0.25, 0.3) is 0 Å². The van der Waals surface area contributed by atoms with E-state index in [-0.39, 0.29) is 6.04 Å². The lowest BCUT2D eigenvalue weighted by atomic mass is 10.2. The van der Waals surface area contributed by atoms with Gasteiger partial charge in [0.05, 0.1) is 16.9 Å². The van der Waals surface area contributed by atoms with Crippen molar-refractivity contribution in [2.45, 2.75) is 25.3 Å². The Labute approximate surface area is 128 Å². The molecular weight excluding hydrogens is 348 g/mol. The Bertz CT molecular complexity index is 614. The zero-order valence-electron chi connectivity index (χ0n) is 10.9. The molecule has 1 aromatic heterocycles. The fourth-order valence-electron chi connectivity index (χ4n) is 2.17. The van der Waals surface area contributed by atoms with Gasteiger partial charge < -0.3 is 4.57 Å². The molecule has 0 aliphatic rings. The number of rotatable bonds is 5. The van der Waals surface area contributed by atoms with E-state index < -0.39 is 10.8 Å². The van der Waals surface area contributed by atoms with Crippen LogP contribution in [-0.4, -0.2) is 25.8 Å². The molecule has 0 spiro atoms. The van der Waals surface area contributed by atoms with Crippen LogP contribution in [0.4, 0.5) is 0 Å². The Morgan fingerprint density at radius 2 is 2.26 bits per heavy atom. The molecule has 104 valence electrons. The van der Waals surface area contributed by atoms with Gasteiger partial charge in [-0.1, -0.05) is 15.9 Å². The molecule has 2 unspecified atom stereocenters. The molecule has 0 amide bonds. The summed E-state index contributed by atoms with van der Waals surface area (Å²) in [4.78, 5) is 4.57. The number of imidazole rings is 1. The smallest absolute Gasteiger partial charge is 0.125 e. The fourth-order valence-corrected chi connectivity index (χ4v) is 3.38. The minimum atomic E-state index is -0.768. The number of alkyl halides is 1. The van der Waals surface area contributed by atoms with E-state index in [0.717, 1.165) is 27.8 Å². The summed E-state index contributed by atoms with van der Waals surface area (Å²) in [6.45, 7) is 2.12. The van der Waals surface area contributed by atoms with Crippen molar-refractivity contribution in [1.29, 1.82) is 0 Å². The standard InChI is InChI=1S/C13H16BrClN2OS/c1-9(5-6-19(2)18)17-12-4-3-10(14)7-11(12)16-13(17)8-15/h3-4,7,9H,5-6,8H2,1-2H3. The molecule has 0 saturated carbocycles. The van der Waals surface area contributed by atoms with Crippen LogP contribution in [0.5, 0.6) is 0 Å². The van der Waals surface area contributed by atoms with Crippen LogP contribution in [-0.2, 0) is 16.7 Å². The van der Waals surface area contributed by atoms with Crippen LogP contribution in [0.15, 0.2) is 22.7 Å². The van der Waals surface area contributed by atoms with Gasteiger partial charge in [-0.05, 0) is 31.5 Å². The molecule has 0 radical (unpaired) electrons. The summed E-state index contributed by atoms with van der Waals surface area (Å²) in [5, 5.41) is 0. The lowest BCUT2D eigenvalue weighted by Crippen LogP contribution is -2.11. The molecule has 0 bridgehead atoms. The number of nitrogens with zero attached hydrogens (tertiary/aromatic N) is 2. The average molecular weight is 364 g/mol. The van der Waals surface area contributed by atoms with E-state index in [4.69, 9.17) is 11.6 Å². The molecule has 2 aromatic rings. The number of hydrogen-bond acceptors (Lipinski definition) is 2. The second-order valence-corrected chi connectivity index (χ2v) is 7.32. The first-order valence-corrected chi connectivity index (χ1v) is 9.10. The summed E-state index contributed by atoms with van der Waals surface area (Å²) >= 11 is 9.45. The summed E-state index contributed by atoms with van der Waals surface area (Å²) in [7, 11) is -0.768. The highest BCUT2D eigenvalue weighted by Crippen LogP contribution is 2.26. The van der Waals surface area contributed by atoms with Crippen LogP contribution in [0.1, 0.15) is 25.2 Å². The lowest BCUT2D eigenvalue weighted by Gasteiger charge is -2.16. The summed E-state index contributed by atoms with van der Waals surface area (Å²) in [6.07, 6.45) is 2.59. The Morgan fingerprint density at radius 3 is 2.89 bits per heavy atom. The van der Waals surface area contributed by atoms with E-state index in [9.17, 15) is 4.21 Å². The SMILES string of the molecule is CC(CCS(C)=O)n1c(CCl)nc2cc(Br)ccc21. The van der Waals surface area contributed by atoms with Gasteiger partial charge in [-0.2, -0.15) is 0 Å². The molecular formula is C13H16BrClN2OS. The van der Waals surface area contributed by atoms with Gasteiger partial charge >= 0.3 is 0 Å². The third-order valence-corrected chi connectivity index (χ3v) is 4.65. The van der Waals surface area contributed by atoms with Crippen molar-refractivity contribution < 1.29 is 4.21 Å². The van der Waals surface area contributed by atoms with Crippen molar-refractivity contribution in [3.8, 4) is 0 Å². The van der Waals surface area contributed by atoms with Gasteiger partial charge in [-0.3, -0.25) is 4.21 Å². The first kappa shape index (κ1) is 15.0. The predicted octanol–water partition coefficient (Wildman–Crippen LogP) is 3.87. The number of aromatic nitrogens is 2. The van der Waals surface area contributed by atoms with Gasteiger partial charge in [0, 0.05) is 33.3 Å². The van der Waals surface area contributed by atoms with Crippen LogP contribution in [0.2, 0.25) is 0 Å². The second kappa shape index (κ2) is 6.37. The van der Waals surface area contributed by atoms with Crippen molar-refractivity contribution in [3.05, 3.63) is 28.5 Å². The van der Waals surface area contributed by atoms with Crippen LogP contribution in [0, 0.1) is 0 Å². The summed E-state index contributed by atoms with van der Waals surface area (Å²) in [6, 6.07) is 6.28. The number of halogens is 2. The van der Waals surface area contributed by atoms with Gasteiger partial charge in [0.1, 0.15) is 5.82 Å². The lowest BCUT2D eigenvalue weighted by molar-refractivity contribution is 0.531. The Kier molecular flexibility index (Phi) is 5.03. The molecule has 0 N–H and O–H groups in total. The molecule has 3 nitrogen and oxygen atoms in total. The maximum Gasteiger partial charge on any atom is 0.125 e. The van der Waals surface area contributed by atoms with E-state index in [1.165, 1.54) is 0 Å². The Balaban J connectivity index is 2.42. The van der Waals surface area contributed by atoms with E-state index in [1.807, 2.05) is 18.2 Å². The van der Waals surface area contributed by atoms with Crippen LogP contribution in [0.25, 0.3) is 11.0 Å². The Morgan fingerprint density at radius 1 is 1.53 bits per heavy atom. The minimum absolute atomic E-state index is 0.240. The molecule has 2 atom stereocenters. The minimum Gasteiger partial charge on any atom is -0.324 e. The van der Waals surface area contributed by atoms with Crippen molar-refractivity contribution in [2.24, 2.45) is 0 Å². The molecule has 0 saturated heterocycles. The van der Waals surface area contributed by atoms with Crippen LogP contribution in [0.3, 0.4) is 0 Å². The van der Waals surface area contributed by atoms with Crippen molar-refractivity contribution in [2.75, 3.05) is 12.0 Å². The summed E-state index contributed by atoms with van der Waals surface area (Å²) < 4.78 is 14.4. The third-order valence-electron chi connectivity index (χ3n) is 3.11. The van der Waals surface area contributed by atoms with E-state index >= 15 is 0 Å². The molecule has 1 heterocycles. The largest absolute Gasteiger partial charge is 0.324 e. The Hall–Kier alpha value is -0.390. The second-order valence-electron chi connectivity index (χ2n) is 4.58. The normalized spacial score (nSPS) is 14.7. The zero-order valence-corrected chi connectivity index (χ0v) is 14.1. The predicted molar refractivity (Wildman–Crippen MR) is 85.3 cm³/mol. The molecule has 0 aliphatic carbocycles. The topological polar surface area (TPSA) is 34.9 Å². The summed E-state index contributed by atoms with van der Waals surface area (Å²) in [5.74, 6) is 1.94. The third kappa shape index (κ3) is 3.38. The number of fused-ring (bicyclic) bond motifs is 1. The van der Waals surface area contributed by atoms with Gasteiger partial charge in [-0.25, -0.2) is 4.98 Å². The molecule has 2 rings (SSSR count). The first-order valence-electron chi connectivity index (χ1n) is 6.05. The highest BCUT2D eigenvalue weighted by molar-refractivity contribution is 9.10. The van der Waals surface area contributed by atoms with Gasteiger partial charge in [-0.15, -0.1) is 11.6 Å². The molecule has 0 fully saturated rings. The van der Waals surface area contributed by atoms with Crippen molar-refractivity contribution >= 4 is 49.4 Å². The number of hydrogen-bond donors (Lipinski definition) is 0. The van der Waals surface area contributed by atoms with Gasteiger partial charge in [0.2, 0.25) is 0 Å². The fraction of sp³-hybridized carbons (Fsp3) is 0.462. The summed E-state index contributed by atoms with van der Waals surface area (Å²) in [5.41, 5.74) is 2.02. The highest BCUT2D eigenvalue weighted by atomic mass is 79.9. The zero-order chi connectivity index (χ0) is 14.0. The quantitative estimate of drug-likeness (QED) is 0.756. The van der Waals surface area contributed by atoms with Crippen LogP contribution < -0.4 is 0 Å². The molecule has 0 aliphatic heterocycles. The molecule has 1 aromatic carbocycles. The van der Waals surface area contributed by atoms with E-state index in [1.54, 1.807) is 6.26 Å². The monoisotopic (exact) mass is 362 g/mol. The number of benzene rings is 1. The van der Waals surface area contributed by atoms with Crippen molar-refractivity contribution in [1.82, 2.24) is 9.55 Å². The molecule has 6 heteroatoms. The molecule has 19 heavy (non-hydrogen) atoms. The maximum absolute atomic E-state index is 11.2. The highest BCUT2D eigenvalue weighted by Gasteiger charge is 2.15. The average Bonchev–Trinajstić information content (AvgIpc) is 2.73. The van der Waals surface area contributed by atoms with Gasteiger partial charge in [0.15, 0.2) is 0 Å². The van der Waals surface area contributed by atoms with Crippen LogP contribution >= 0.6 is 27.5 Å². The van der Waals surface area contributed by atoms with Crippen molar-refractivity contribution in [3.63, 3.8) is 0 Å². The van der Waals surface area contributed by atoms with E-state index in [0.29, 0.717) is 11.6 Å². The first-order chi connectivity index (χ1) is 9.02. The maximum atomic E-state index is 11.2. The van der Waals surface area contributed by atoms with E-state index in [2.05, 4.69) is 32.4 Å².